The number of aromatic amines is 1. The molecular weight excluding hydrogens is 286 g/mol. The van der Waals surface area contributed by atoms with Gasteiger partial charge in [-0.2, -0.15) is 5.10 Å². The van der Waals surface area contributed by atoms with Crippen LogP contribution in [0.4, 0.5) is 5.82 Å². The van der Waals surface area contributed by atoms with Gasteiger partial charge in [0.15, 0.2) is 11.5 Å². The minimum absolute atomic E-state index is 0.0708. The smallest absolute Gasteiger partial charge is 0.226 e. The Balaban J connectivity index is 2.14. The van der Waals surface area contributed by atoms with Gasteiger partial charge >= 0.3 is 0 Å². The van der Waals surface area contributed by atoms with Crippen LogP contribution < -0.4 is 19.5 Å². The van der Waals surface area contributed by atoms with Crippen LogP contribution >= 0.6 is 0 Å². The van der Waals surface area contributed by atoms with Gasteiger partial charge in [0, 0.05) is 29.5 Å². The lowest BCUT2D eigenvalue weighted by Gasteiger charge is -2.24. The molecule has 0 saturated carbocycles. The first kappa shape index (κ1) is 14.2. The molecule has 1 aliphatic rings. The van der Waals surface area contributed by atoms with Crippen molar-refractivity contribution in [2.45, 2.75) is 12.3 Å². The van der Waals surface area contributed by atoms with Crippen LogP contribution in [0.1, 0.15) is 23.5 Å². The van der Waals surface area contributed by atoms with E-state index in [1.807, 2.05) is 6.07 Å². The van der Waals surface area contributed by atoms with Crippen LogP contribution in [0.3, 0.4) is 0 Å². The molecule has 22 heavy (non-hydrogen) atoms. The molecule has 0 aliphatic carbocycles. The molecule has 1 amide bonds. The maximum Gasteiger partial charge on any atom is 0.226 e. The molecule has 1 unspecified atom stereocenters. The molecule has 2 N–H and O–H groups in total. The number of nitrogens with zero attached hydrogens (tertiary/aromatic N) is 1. The molecule has 0 saturated heterocycles. The van der Waals surface area contributed by atoms with Crippen LogP contribution in [0.25, 0.3) is 0 Å². The van der Waals surface area contributed by atoms with Gasteiger partial charge in [0.1, 0.15) is 11.6 Å². The van der Waals surface area contributed by atoms with Crippen LogP contribution in [-0.2, 0) is 4.79 Å². The average Bonchev–Trinajstić information content (AvgIpc) is 3.00. The Morgan fingerprint density at radius 3 is 2.41 bits per heavy atom. The van der Waals surface area contributed by atoms with E-state index in [9.17, 15) is 4.79 Å². The van der Waals surface area contributed by atoms with Crippen molar-refractivity contribution in [3.05, 3.63) is 29.5 Å². The first-order chi connectivity index (χ1) is 10.7. The van der Waals surface area contributed by atoms with E-state index in [2.05, 4.69) is 15.5 Å². The lowest BCUT2D eigenvalue weighted by molar-refractivity contribution is -0.116. The maximum atomic E-state index is 11.9. The van der Waals surface area contributed by atoms with E-state index in [1.165, 1.54) is 0 Å². The third-order valence-electron chi connectivity index (χ3n) is 3.81. The van der Waals surface area contributed by atoms with Crippen LogP contribution in [0.2, 0.25) is 0 Å². The summed E-state index contributed by atoms with van der Waals surface area (Å²) in [4.78, 5) is 11.9. The van der Waals surface area contributed by atoms with Crippen molar-refractivity contribution >= 4 is 11.7 Å². The number of hydrogen-bond donors (Lipinski definition) is 2. The molecule has 2 heterocycles. The van der Waals surface area contributed by atoms with Crippen molar-refractivity contribution in [2.24, 2.45) is 0 Å². The summed E-state index contributed by atoms with van der Waals surface area (Å²) in [6, 6.07) is 3.61. The third kappa shape index (κ3) is 2.24. The predicted octanol–water partition coefficient (Wildman–Crippen LogP) is 1.91. The number of carbonyl (C=O) groups is 1. The van der Waals surface area contributed by atoms with E-state index < -0.39 is 0 Å². The van der Waals surface area contributed by atoms with Gasteiger partial charge in [-0.25, -0.2) is 0 Å². The molecule has 3 rings (SSSR count). The van der Waals surface area contributed by atoms with Crippen LogP contribution in [-0.4, -0.2) is 37.4 Å². The fraction of sp³-hybridized carbons (Fsp3) is 0.333. The second kappa shape index (κ2) is 5.59. The van der Waals surface area contributed by atoms with Crippen molar-refractivity contribution in [1.29, 1.82) is 0 Å². The molecular formula is C15H17N3O4. The zero-order valence-corrected chi connectivity index (χ0v) is 12.6. The van der Waals surface area contributed by atoms with Gasteiger partial charge in [0.05, 0.1) is 27.5 Å². The van der Waals surface area contributed by atoms with Gasteiger partial charge in [-0.3, -0.25) is 9.89 Å². The number of amides is 1. The zero-order valence-electron chi connectivity index (χ0n) is 12.6. The lowest BCUT2D eigenvalue weighted by atomic mass is 9.86. The molecule has 1 atom stereocenters. The summed E-state index contributed by atoms with van der Waals surface area (Å²) in [5.74, 6) is 2.21. The second-order valence-electron chi connectivity index (χ2n) is 4.95. The maximum absolute atomic E-state index is 11.9. The molecule has 2 aromatic rings. The highest BCUT2D eigenvalue weighted by Crippen LogP contribution is 2.44. The highest BCUT2D eigenvalue weighted by atomic mass is 16.5. The van der Waals surface area contributed by atoms with Crippen molar-refractivity contribution in [3.8, 4) is 17.2 Å². The molecule has 1 aromatic carbocycles. The highest BCUT2D eigenvalue weighted by molar-refractivity contribution is 5.94. The van der Waals surface area contributed by atoms with Crippen LogP contribution in [0.15, 0.2) is 18.3 Å². The Morgan fingerprint density at radius 2 is 1.73 bits per heavy atom. The van der Waals surface area contributed by atoms with Gasteiger partial charge in [-0.05, 0) is 6.07 Å². The van der Waals surface area contributed by atoms with Gasteiger partial charge in [0.25, 0.3) is 0 Å². The van der Waals surface area contributed by atoms with Gasteiger partial charge < -0.3 is 19.5 Å². The Kier molecular flexibility index (Phi) is 3.62. The summed E-state index contributed by atoms with van der Waals surface area (Å²) in [6.45, 7) is 0. The first-order valence-corrected chi connectivity index (χ1v) is 6.81. The predicted molar refractivity (Wildman–Crippen MR) is 79.8 cm³/mol. The fourth-order valence-corrected chi connectivity index (χ4v) is 2.75. The van der Waals surface area contributed by atoms with E-state index in [1.54, 1.807) is 33.6 Å². The van der Waals surface area contributed by atoms with E-state index in [0.717, 1.165) is 11.1 Å². The molecule has 0 spiro atoms. The Bertz CT molecular complexity index is 711. The van der Waals surface area contributed by atoms with E-state index in [4.69, 9.17) is 14.2 Å². The van der Waals surface area contributed by atoms with Crippen molar-refractivity contribution in [1.82, 2.24) is 10.2 Å². The minimum atomic E-state index is -0.155. The number of aromatic nitrogens is 2. The molecule has 7 heteroatoms. The Labute approximate surface area is 127 Å². The molecule has 0 radical (unpaired) electrons. The number of methoxy groups -OCH3 is 3. The van der Waals surface area contributed by atoms with E-state index >= 15 is 0 Å². The topological polar surface area (TPSA) is 85.5 Å². The third-order valence-corrected chi connectivity index (χ3v) is 3.81. The standard InChI is InChI=1S/C15H17N3O4/c1-20-11-6-13(22-3)12(21-2)4-9(11)8-5-14(19)17-15-10(8)7-16-18-15/h4,6-8H,5H2,1-3H3,(H2,16,17,18,19). The lowest BCUT2D eigenvalue weighted by Crippen LogP contribution is -2.23. The number of rotatable bonds is 4. The highest BCUT2D eigenvalue weighted by Gasteiger charge is 2.31. The molecule has 1 aromatic heterocycles. The summed E-state index contributed by atoms with van der Waals surface area (Å²) in [7, 11) is 4.73. The summed E-state index contributed by atoms with van der Waals surface area (Å²) in [5.41, 5.74) is 1.78. The first-order valence-electron chi connectivity index (χ1n) is 6.81. The van der Waals surface area contributed by atoms with Gasteiger partial charge in [0.2, 0.25) is 5.91 Å². The Morgan fingerprint density at radius 1 is 1.05 bits per heavy atom. The molecule has 7 nitrogen and oxygen atoms in total. The van der Waals surface area contributed by atoms with Gasteiger partial charge in [-0.1, -0.05) is 0 Å². The number of hydrogen-bond acceptors (Lipinski definition) is 5. The number of carbonyl (C=O) groups excluding carboxylic acids is 1. The Hall–Kier alpha value is -2.70. The number of ether oxygens (including phenoxy) is 3. The van der Waals surface area contributed by atoms with Crippen molar-refractivity contribution < 1.29 is 19.0 Å². The van der Waals surface area contributed by atoms with E-state index in [-0.39, 0.29) is 11.8 Å². The molecule has 116 valence electrons. The normalized spacial score (nSPS) is 16.7. The second-order valence-corrected chi connectivity index (χ2v) is 4.95. The number of anilines is 1. The summed E-state index contributed by atoms with van der Waals surface area (Å²) in [5, 5.41) is 9.58. The number of fused-ring (bicyclic) bond motifs is 1. The number of nitrogens with one attached hydrogen (secondary N) is 2. The van der Waals surface area contributed by atoms with Crippen LogP contribution in [0.5, 0.6) is 17.2 Å². The zero-order chi connectivity index (χ0) is 15.7. The minimum Gasteiger partial charge on any atom is -0.496 e. The van der Waals surface area contributed by atoms with Crippen molar-refractivity contribution in [2.75, 3.05) is 26.6 Å². The summed E-state index contributed by atoms with van der Waals surface area (Å²) < 4.78 is 16.1. The molecule has 1 aliphatic heterocycles. The van der Waals surface area contributed by atoms with Gasteiger partial charge in [-0.15, -0.1) is 0 Å². The van der Waals surface area contributed by atoms with E-state index in [0.29, 0.717) is 29.5 Å². The SMILES string of the molecule is COc1cc(OC)c(C2CC(=O)Nc3[nH]ncc32)cc1OC. The van der Waals surface area contributed by atoms with Crippen molar-refractivity contribution in [3.63, 3.8) is 0 Å². The summed E-state index contributed by atoms with van der Waals surface area (Å²) in [6.07, 6.45) is 2.04. The summed E-state index contributed by atoms with van der Waals surface area (Å²) >= 11 is 0. The fourth-order valence-electron chi connectivity index (χ4n) is 2.75. The largest absolute Gasteiger partial charge is 0.496 e. The molecule has 0 bridgehead atoms. The van der Waals surface area contributed by atoms with Crippen LogP contribution in [0, 0.1) is 0 Å². The quantitative estimate of drug-likeness (QED) is 0.901. The number of benzene rings is 1. The molecule has 0 fully saturated rings. The average molecular weight is 303 g/mol. The number of H-pyrrole nitrogens is 1. The monoisotopic (exact) mass is 303 g/mol.